The second kappa shape index (κ2) is 13.5. The summed E-state index contributed by atoms with van der Waals surface area (Å²) < 4.78 is 45.1. The molecule has 0 radical (unpaired) electrons. The van der Waals surface area contributed by atoms with E-state index in [1.54, 1.807) is 12.1 Å². The summed E-state index contributed by atoms with van der Waals surface area (Å²) in [6.07, 6.45) is 12.1. The lowest BCUT2D eigenvalue weighted by atomic mass is 9.72. The zero-order valence-electron chi connectivity index (χ0n) is 22.6. The summed E-state index contributed by atoms with van der Waals surface area (Å²) in [5, 5.41) is 0. The molecule has 0 heterocycles. The van der Waals surface area contributed by atoms with Gasteiger partial charge in [-0.15, -0.1) is 0 Å². The Morgan fingerprint density at radius 1 is 0.865 bits per heavy atom. The first-order chi connectivity index (χ1) is 17.8. The molecule has 3 fully saturated rings. The van der Waals surface area contributed by atoms with Crippen molar-refractivity contribution in [3.8, 4) is 0 Å². The number of benzene rings is 1. The van der Waals surface area contributed by atoms with Gasteiger partial charge in [-0.1, -0.05) is 63.5 Å². The highest BCUT2D eigenvalue weighted by Gasteiger charge is 2.37. The number of alkyl halides is 3. The third-order valence-corrected chi connectivity index (χ3v) is 9.42. The van der Waals surface area contributed by atoms with Gasteiger partial charge >= 0.3 is 12.1 Å². The number of esters is 1. The zero-order chi connectivity index (χ0) is 26.3. The van der Waals surface area contributed by atoms with Gasteiger partial charge in [-0.2, -0.15) is 13.2 Å². The summed E-state index contributed by atoms with van der Waals surface area (Å²) in [5.41, 5.74) is 0.393. The van der Waals surface area contributed by atoms with E-state index < -0.39 is 11.7 Å². The standard InChI is InChI=1S/C31H46F3NO2/c1-2-37-30(36)22-25-11-16-29(28(21-25)26-12-14-27(15-13-26)31(32,33)34)35(19-17-23-7-3-4-8-23)20-18-24-9-5-6-10-24/h12-15,23-25,28-29H,2-11,16-22H2,1H3/t25-,28+,29-/m1/s1. The van der Waals surface area contributed by atoms with Gasteiger partial charge in [0.15, 0.2) is 0 Å². The van der Waals surface area contributed by atoms with E-state index in [-0.39, 0.29) is 17.8 Å². The number of hydrogen-bond acceptors (Lipinski definition) is 3. The largest absolute Gasteiger partial charge is 0.466 e. The van der Waals surface area contributed by atoms with Crippen molar-refractivity contribution in [3.63, 3.8) is 0 Å². The van der Waals surface area contributed by atoms with Crippen LogP contribution in [0.3, 0.4) is 0 Å². The van der Waals surface area contributed by atoms with Crippen LogP contribution in [0.25, 0.3) is 0 Å². The summed E-state index contributed by atoms with van der Waals surface area (Å²) in [6, 6.07) is 6.18. The molecule has 0 bridgehead atoms. The van der Waals surface area contributed by atoms with Gasteiger partial charge in [-0.25, -0.2) is 0 Å². The minimum absolute atomic E-state index is 0.141. The first kappa shape index (κ1) is 28.4. The molecule has 0 unspecified atom stereocenters. The second-order valence-electron chi connectivity index (χ2n) is 11.9. The molecule has 0 saturated heterocycles. The van der Waals surface area contributed by atoms with Crippen LogP contribution in [0.4, 0.5) is 13.2 Å². The normalized spacial score (nSPS) is 25.7. The fourth-order valence-corrected chi connectivity index (χ4v) is 7.34. The number of hydrogen-bond donors (Lipinski definition) is 0. The van der Waals surface area contributed by atoms with Gasteiger partial charge < -0.3 is 4.74 Å². The Balaban J connectivity index is 1.53. The number of ether oxygens (including phenoxy) is 1. The first-order valence-corrected chi connectivity index (χ1v) is 14.9. The van der Waals surface area contributed by atoms with Gasteiger partial charge in [0.25, 0.3) is 0 Å². The van der Waals surface area contributed by atoms with Crippen LogP contribution in [0.1, 0.15) is 114 Å². The summed E-state index contributed by atoms with van der Waals surface area (Å²) >= 11 is 0. The van der Waals surface area contributed by atoms with Gasteiger partial charge in [-0.3, -0.25) is 9.69 Å². The predicted molar refractivity (Wildman–Crippen MR) is 141 cm³/mol. The van der Waals surface area contributed by atoms with Crippen molar-refractivity contribution >= 4 is 5.97 Å². The van der Waals surface area contributed by atoms with Crippen molar-refractivity contribution < 1.29 is 22.7 Å². The molecule has 0 aromatic heterocycles. The van der Waals surface area contributed by atoms with E-state index >= 15 is 0 Å². The maximum atomic E-state index is 13.3. The van der Waals surface area contributed by atoms with Crippen LogP contribution in [0.2, 0.25) is 0 Å². The van der Waals surface area contributed by atoms with E-state index in [1.807, 2.05) is 6.92 Å². The molecular formula is C31H46F3NO2. The predicted octanol–water partition coefficient (Wildman–Crippen LogP) is 8.37. The molecule has 3 saturated carbocycles. The van der Waals surface area contributed by atoms with E-state index in [0.717, 1.165) is 49.8 Å². The molecule has 1 aromatic rings. The molecule has 4 rings (SSSR count). The second-order valence-corrected chi connectivity index (χ2v) is 11.9. The topological polar surface area (TPSA) is 29.5 Å². The Bertz CT molecular complexity index is 808. The SMILES string of the molecule is CCOC(=O)C[C@@H]1CC[C@@H](N(CCC2CCCC2)CCC2CCCC2)[C@H](c2ccc(C(F)(F)F)cc2)C1. The Labute approximate surface area is 221 Å². The van der Waals surface area contributed by atoms with Gasteiger partial charge in [-0.05, 0) is 93.5 Å². The van der Waals surface area contributed by atoms with Crippen LogP contribution in [-0.2, 0) is 15.7 Å². The molecule has 0 spiro atoms. The maximum Gasteiger partial charge on any atom is 0.416 e. The lowest BCUT2D eigenvalue weighted by Gasteiger charge is -2.43. The van der Waals surface area contributed by atoms with Crippen LogP contribution in [-0.4, -0.2) is 36.6 Å². The molecule has 3 aliphatic rings. The van der Waals surface area contributed by atoms with E-state index in [2.05, 4.69) is 4.90 Å². The fourth-order valence-electron chi connectivity index (χ4n) is 7.34. The zero-order valence-corrected chi connectivity index (χ0v) is 22.6. The van der Waals surface area contributed by atoms with E-state index in [1.165, 1.54) is 76.3 Å². The monoisotopic (exact) mass is 521 g/mol. The molecular weight excluding hydrogens is 475 g/mol. The third kappa shape index (κ3) is 8.21. The Hall–Kier alpha value is -1.56. The Morgan fingerprint density at radius 3 is 1.95 bits per heavy atom. The Kier molecular flexibility index (Phi) is 10.4. The number of carbonyl (C=O) groups excluding carboxylic acids is 1. The molecule has 3 aliphatic carbocycles. The van der Waals surface area contributed by atoms with Crippen molar-refractivity contribution in [2.45, 2.75) is 115 Å². The molecule has 3 nitrogen and oxygen atoms in total. The van der Waals surface area contributed by atoms with Crippen LogP contribution in [0.15, 0.2) is 24.3 Å². The lowest BCUT2D eigenvalue weighted by molar-refractivity contribution is -0.144. The van der Waals surface area contributed by atoms with Crippen LogP contribution in [0, 0.1) is 17.8 Å². The van der Waals surface area contributed by atoms with E-state index in [9.17, 15) is 18.0 Å². The highest BCUT2D eigenvalue weighted by Crippen LogP contribution is 2.42. The van der Waals surface area contributed by atoms with Crippen LogP contribution >= 0.6 is 0 Å². The average molecular weight is 522 g/mol. The van der Waals surface area contributed by atoms with Crippen molar-refractivity contribution in [3.05, 3.63) is 35.4 Å². The van der Waals surface area contributed by atoms with Gasteiger partial charge in [0.2, 0.25) is 0 Å². The smallest absolute Gasteiger partial charge is 0.416 e. The van der Waals surface area contributed by atoms with Gasteiger partial charge in [0.05, 0.1) is 12.2 Å². The third-order valence-electron chi connectivity index (χ3n) is 9.42. The highest BCUT2D eigenvalue weighted by atomic mass is 19.4. The number of nitrogens with zero attached hydrogens (tertiary/aromatic N) is 1. The molecule has 208 valence electrons. The maximum absolute atomic E-state index is 13.3. The van der Waals surface area contributed by atoms with Crippen molar-refractivity contribution in [1.29, 1.82) is 0 Å². The average Bonchev–Trinajstić information content (AvgIpc) is 3.59. The Morgan fingerprint density at radius 2 is 1.43 bits per heavy atom. The lowest BCUT2D eigenvalue weighted by Crippen LogP contribution is -2.45. The van der Waals surface area contributed by atoms with E-state index in [4.69, 9.17) is 4.74 Å². The van der Waals surface area contributed by atoms with Gasteiger partial charge in [0.1, 0.15) is 0 Å². The summed E-state index contributed by atoms with van der Waals surface area (Å²) in [5.74, 6) is 1.84. The molecule has 3 atom stereocenters. The number of rotatable bonds is 11. The molecule has 37 heavy (non-hydrogen) atoms. The number of halogens is 3. The first-order valence-electron chi connectivity index (χ1n) is 14.9. The molecule has 6 heteroatoms. The van der Waals surface area contributed by atoms with Gasteiger partial charge in [0, 0.05) is 12.5 Å². The highest BCUT2D eigenvalue weighted by molar-refractivity contribution is 5.69. The van der Waals surface area contributed by atoms with E-state index in [0.29, 0.717) is 19.1 Å². The van der Waals surface area contributed by atoms with Crippen LogP contribution < -0.4 is 0 Å². The molecule has 1 aromatic carbocycles. The van der Waals surface area contributed by atoms with Crippen molar-refractivity contribution in [2.24, 2.45) is 17.8 Å². The fraction of sp³-hybridized carbons (Fsp3) is 0.774. The minimum atomic E-state index is -4.33. The quantitative estimate of drug-likeness (QED) is 0.274. The number of carbonyl (C=O) groups is 1. The molecule has 0 aliphatic heterocycles. The van der Waals surface area contributed by atoms with Crippen LogP contribution in [0.5, 0.6) is 0 Å². The molecule has 0 N–H and O–H groups in total. The summed E-state index contributed by atoms with van der Waals surface area (Å²) in [6.45, 7) is 4.38. The van der Waals surface area contributed by atoms with Crippen molar-refractivity contribution in [1.82, 2.24) is 4.90 Å². The summed E-state index contributed by atoms with van der Waals surface area (Å²) in [4.78, 5) is 15.0. The summed E-state index contributed by atoms with van der Waals surface area (Å²) in [7, 11) is 0. The molecule has 0 amide bonds. The minimum Gasteiger partial charge on any atom is -0.466 e. The van der Waals surface area contributed by atoms with Crippen molar-refractivity contribution in [2.75, 3.05) is 19.7 Å².